The maximum atomic E-state index is 12.7. The van der Waals surface area contributed by atoms with Gasteiger partial charge in [0.15, 0.2) is 0 Å². The average molecular weight is 445 g/mol. The molecule has 0 unspecified atom stereocenters. The van der Waals surface area contributed by atoms with Crippen LogP contribution in [0.1, 0.15) is 41.8 Å². The topological polar surface area (TPSA) is 69.0 Å². The third kappa shape index (κ3) is 5.71. The number of aryl methyl sites for hydroxylation is 1. The van der Waals surface area contributed by atoms with E-state index in [1.54, 1.807) is 6.33 Å². The molecular formula is C24H29N4NaO3. The van der Waals surface area contributed by atoms with Crippen molar-refractivity contribution in [1.82, 2.24) is 14.5 Å². The Hall–Kier alpha value is -1.90. The predicted molar refractivity (Wildman–Crippen MR) is 120 cm³/mol. The van der Waals surface area contributed by atoms with Crippen molar-refractivity contribution < 1.29 is 39.1 Å². The number of fused-ring (bicyclic) bond motifs is 1. The third-order valence-electron chi connectivity index (χ3n) is 5.89. The first-order valence-electron chi connectivity index (χ1n) is 10.6. The molecule has 0 amide bonds. The monoisotopic (exact) mass is 444 g/mol. The van der Waals surface area contributed by atoms with E-state index in [1.807, 2.05) is 14.0 Å². The zero-order valence-electron chi connectivity index (χ0n) is 19.4. The number of hydrogen-bond donors (Lipinski definition) is 0. The summed E-state index contributed by atoms with van der Waals surface area (Å²) in [7, 11) is 2.03. The fourth-order valence-corrected chi connectivity index (χ4v) is 3.91. The number of nitrogens with zero attached hydrogens (tertiary/aromatic N) is 4. The Kier molecular flexibility index (Phi) is 8.36. The van der Waals surface area contributed by atoms with E-state index in [0.29, 0.717) is 25.3 Å². The Morgan fingerprint density at radius 2 is 2.12 bits per heavy atom. The Labute approximate surface area is 211 Å². The van der Waals surface area contributed by atoms with Gasteiger partial charge in [-0.3, -0.25) is 9.36 Å². The van der Waals surface area contributed by atoms with Crippen LogP contribution in [0.3, 0.4) is 0 Å². The van der Waals surface area contributed by atoms with Crippen LogP contribution in [0.2, 0.25) is 0 Å². The molecule has 1 fully saturated rings. The first-order chi connectivity index (χ1) is 14.9. The summed E-state index contributed by atoms with van der Waals surface area (Å²) < 4.78 is 7.48. The van der Waals surface area contributed by atoms with Gasteiger partial charge in [0.25, 0.3) is 5.56 Å². The summed E-state index contributed by atoms with van der Waals surface area (Å²) in [4.78, 5) is 24.9. The standard InChI is InChI=1S/C24H29N4O3.Na/c1-16-5-7-19(8-6-16)23-11-20(14-30-23)18(3)26-31-17(2)12-28-15-25-22-13-27(4)10-9-21(22)24(28)29;/h5-8,15,23H,2,9-14H2,1,3-4H3;/q-1;+1/b26-18+;/t23-;/m1./s1. The first kappa shape index (κ1) is 24.7. The van der Waals surface area contributed by atoms with Gasteiger partial charge < -0.3 is 20.4 Å². The zero-order valence-corrected chi connectivity index (χ0v) is 21.4. The number of benzene rings is 1. The van der Waals surface area contributed by atoms with Gasteiger partial charge in [0.2, 0.25) is 0 Å². The summed E-state index contributed by atoms with van der Waals surface area (Å²) in [6, 6.07) is 8.41. The van der Waals surface area contributed by atoms with Gasteiger partial charge in [-0.25, -0.2) is 4.98 Å². The fraction of sp³-hybridized carbons (Fsp3) is 0.417. The second kappa shape index (κ2) is 10.8. The molecule has 2 aliphatic rings. The summed E-state index contributed by atoms with van der Waals surface area (Å²) in [5.74, 6) is 1.50. The van der Waals surface area contributed by atoms with Gasteiger partial charge in [-0.05, 0) is 26.0 Å². The van der Waals surface area contributed by atoms with E-state index in [9.17, 15) is 4.79 Å². The van der Waals surface area contributed by atoms with Gasteiger partial charge in [-0.1, -0.05) is 55.7 Å². The van der Waals surface area contributed by atoms with Crippen molar-refractivity contribution in [3.8, 4) is 0 Å². The molecule has 0 saturated carbocycles. The Morgan fingerprint density at radius 3 is 2.88 bits per heavy atom. The molecule has 1 atom stereocenters. The average Bonchev–Trinajstić information content (AvgIpc) is 3.25. The molecule has 2 aromatic rings. The van der Waals surface area contributed by atoms with Crippen molar-refractivity contribution in [2.75, 3.05) is 20.2 Å². The van der Waals surface area contributed by atoms with Gasteiger partial charge >= 0.3 is 29.6 Å². The molecule has 0 N–H and O–H groups in total. The zero-order chi connectivity index (χ0) is 22.0. The maximum absolute atomic E-state index is 12.7. The van der Waals surface area contributed by atoms with Crippen molar-refractivity contribution >= 4 is 5.71 Å². The van der Waals surface area contributed by atoms with E-state index >= 15 is 0 Å². The second-order valence-electron chi connectivity index (χ2n) is 8.42. The number of hydrogen-bond acceptors (Lipinski definition) is 6. The normalized spacial score (nSPS) is 18.8. The Morgan fingerprint density at radius 1 is 1.38 bits per heavy atom. The molecule has 0 spiro atoms. The van der Waals surface area contributed by atoms with Crippen LogP contribution in [0.15, 0.2) is 52.9 Å². The van der Waals surface area contributed by atoms with Crippen LogP contribution in [0, 0.1) is 12.8 Å². The molecule has 32 heavy (non-hydrogen) atoms. The number of allylic oxidation sites excluding steroid dienone is 1. The van der Waals surface area contributed by atoms with Gasteiger partial charge in [0.1, 0.15) is 5.76 Å². The third-order valence-corrected chi connectivity index (χ3v) is 5.89. The van der Waals surface area contributed by atoms with Crippen LogP contribution < -0.4 is 35.1 Å². The summed E-state index contributed by atoms with van der Waals surface area (Å²) in [6.07, 6.45) is 3.11. The number of rotatable bonds is 6. The minimum Gasteiger partial charge on any atom is -0.405 e. The molecule has 4 rings (SSSR count). The minimum atomic E-state index is -0.0249. The molecule has 8 heteroatoms. The van der Waals surface area contributed by atoms with Crippen molar-refractivity contribution in [3.63, 3.8) is 0 Å². The van der Waals surface area contributed by atoms with Crippen molar-refractivity contribution in [3.05, 3.63) is 81.6 Å². The summed E-state index contributed by atoms with van der Waals surface area (Å²) in [5.41, 5.74) is 4.81. The van der Waals surface area contributed by atoms with Gasteiger partial charge in [0.05, 0.1) is 24.7 Å². The van der Waals surface area contributed by atoms with Crippen LogP contribution >= 0.6 is 0 Å². The van der Waals surface area contributed by atoms with Crippen molar-refractivity contribution in [1.29, 1.82) is 0 Å². The number of oxime groups is 1. The number of ether oxygens (including phenoxy) is 1. The molecule has 3 heterocycles. The number of likely N-dealkylation sites (N-methyl/N-ethyl adjacent to an activating group) is 1. The smallest absolute Gasteiger partial charge is 0.405 e. The molecule has 7 nitrogen and oxygen atoms in total. The molecule has 164 valence electrons. The molecule has 0 aliphatic carbocycles. The quantitative estimate of drug-likeness (QED) is 0.209. The summed E-state index contributed by atoms with van der Waals surface area (Å²) >= 11 is 0. The summed E-state index contributed by atoms with van der Waals surface area (Å²) in [6.45, 7) is 10.2. The second-order valence-corrected chi connectivity index (χ2v) is 8.42. The first-order valence-corrected chi connectivity index (χ1v) is 10.6. The van der Waals surface area contributed by atoms with Gasteiger partial charge in [0, 0.05) is 18.7 Å². The fourth-order valence-electron chi connectivity index (χ4n) is 3.91. The van der Waals surface area contributed by atoms with E-state index in [2.05, 4.69) is 52.8 Å². The van der Waals surface area contributed by atoms with Crippen LogP contribution in [0.4, 0.5) is 0 Å². The molecular weight excluding hydrogens is 415 g/mol. The van der Waals surface area contributed by atoms with Gasteiger partial charge in [-0.15, -0.1) is 11.6 Å². The van der Waals surface area contributed by atoms with E-state index < -0.39 is 0 Å². The molecule has 0 radical (unpaired) electrons. The molecule has 1 aromatic heterocycles. The minimum absolute atomic E-state index is 0. The largest absolute Gasteiger partial charge is 1.00 e. The summed E-state index contributed by atoms with van der Waals surface area (Å²) in [5, 5.41) is 4.23. The van der Waals surface area contributed by atoms with Crippen molar-refractivity contribution in [2.24, 2.45) is 5.16 Å². The van der Waals surface area contributed by atoms with E-state index in [-0.39, 0.29) is 47.8 Å². The van der Waals surface area contributed by atoms with Crippen LogP contribution in [-0.4, -0.2) is 40.4 Å². The molecule has 1 aromatic carbocycles. The van der Waals surface area contributed by atoms with E-state index in [0.717, 1.165) is 35.9 Å². The van der Waals surface area contributed by atoms with Crippen molar-refractivity contribution in [2.45, 2.75) is 45.9 Å². The van der Waals surface area contributed by atoms with E-state index in [1.165, 1.54) is 15.7 Å². The maximum Gasteiger partial charge on any atom is 1.00 e. The van der Waals surface area contributed by atoms with Crippen LogP contribution in [-0.2, 0) is 29.1 Å². The van der Waals surface area contributed by atoms with E-state index in [4.69, 9.17) is 9.57 Å². The number of aromatic nitrogens is 2. The van der Waals surface area contributed by atoms with Gasteiger partial charge in [-0.2, -0.15) is 0 Å². The molecule has 1 saturated heterocycles. The Bertz CT molecular complexity index is 1050. The SMILES string of the molecule is C=C(Cn1cnc2c(c1=O)CCN(C)C2)O/N=C(\C)[C-]1CO[C@@H](c2ccc(C)cc2)C1.[Na+]. The predicted octanol–water partition coefficient (Wildman–Crippen LogP) is 0.186. The Balaban J connectivity index is 0.00000289. The molecule has 0 bridgehead atoms. The van der Waals surface area contributed by atoms with Crippen LogP contribution in [0.5, 0.6) is 0 Å². The molecule has 2 aliphatic heterocycles. The van der Waals surface area contributed by atoms with Crippen LogP contribution in [0.25, 0.3) is 0 Å².